The van der Waals surface area contributed by atoms with Gasteiger partial charge in [0.1, 0.15) is 5.01 Å². The molecule has 0 saturated heterocycles. The Morgan fingerprint density at radius 1 is 1.21 bits per heavy atom. The minimum absolute atomic E-state index is 0.131. The summed E-state index contributed by atoms with van der Waals surface area (Å²) in [5.41, 5.74) is 2.39. The molecule has 0 aliphatic rings. The molecule has 1 heterocycles. The van der Waals surface area contributed by atoms with Gasteiger partial charge >= 0.3 is 0 Å². The first kappa shape index (κ1) is 14.6. The monoisotopic (exact) mass is 292 g/mol. The molecular weight excluding hydrogens is 272 g/mol. The van der Waals surface area contributed by atoms with Gasteiger partial charge in [0.25, 0.3) is 0 Å². The van der Waals surface area contributed by atoms with Crippen LogP contribution >= 0.6 is 23.1 Å². The number of thiazole rings is 1. The number of aromatic nitrogens is 1. The lowest BCUT2D eigenvalue weighted by Gasteiger charge is -2.19. The molecule has 1 aromatic carbocycles. The third kappa shape index (κ3) is 4.34. The second-order valence-electron chi connectivity index (χ2n) is 5.46. The first-order valence-electron chi connectivity index (χ1n) is 6.32. The van der Waals surface area contributed by atoms with Crippen molar-refractivity contribution in [3.8, 4) is 11.3 Å². The smallest absolute Gasteiger partial charge is 0.107 e. The van der Waals surface area contributed by atoms with E-state index in [1.165, 1.54) is 10.5 Å². The molecule has 0 aliphatic carbocycles. The van der Waals surface area contributed by atoms with Crippen LogP contribution in [-0.4, -0.2) is 16.8 Å². The van der Waals surface area contributed by atoms with Crippen LogP contribution in [-0.2, 0) is 6.54 Å². The Morgan fingerprint density at radius 3 is 2.47 bits per heavy atom. The highest BCUT2D eigenvalue weighted by Gasteiger charge is 2.10. The van der Waals surface area contributed by atoms with Gasteiger partial charge in [0.2, 0.25) is 0 Å². The van der Waals surface area contributed by atoms with Crippen molar-refractivity contribution in [1.82, 2.24) is 10.3 Å². The predicted octanol–water partition coefficient (Wildman–Crippen LogP) is 4.42. The number of hydrogen-bond donors (Lipinski definition) is 1. The summed E-state index contributed by atoms with van der Waals surface area (Å²) in [6.07, 6.45) is 2.09. The summed E-state index contributed by atoms with van der Waals surface area (Å²) in [6.45, 7) is 7.34. The quantitative estimate of drug-likeness (QED) is 0.844. The summed E-state index contributed by atoms with van der Waals surface area (Å²) in [5, 5.41) is 6.74. The van der Waals surface area contributed by atoms with Gasteiger partial charge in [-0.05, 0) is 39.2 Å². The fourth-order valence-electron chi connectivity index (χ4n) is 1.63. The van der Waals surface area contributed by atoms with E-state index in [1.807, 2.05) is 0 Å². The average molecular weight is 292 g/mol. The molecule has 4 heteroatoms. The molecule has 0 aliphatic heterocycles. The molecule has 0 unspecified atom stereocenters. The van der Waals surface area contributed by atoms with Crippen LogP contribution in [0.25, 0.3) is 11.3 Å². The maximum atomic E-state index is 4.69. The standard InChI is InChI=1S/C15H20N2S2/c1-15(2,3)16-9-14-17-13(10-19-14)11-5-7-12(18-4)8-6-11/h5-8,10,16H,9H2,1-4H3. The van der Waals surface area contributed by atoms with E-state index < -0.39 is 0 Å². The summed E-state index contributed by atoms with van der Waals surface area (Å²) >= 11 is 3.48. The lowest BCUT2D eigenvalue weighted by molar-refractivity contribution is 0.424. The fraction of sp³-hybridized carbons (Fsp3) is 0.400. The van der Waals surface area contributed by atoms with Crippen LogP contribution in [0, 0.1) is 0 Å². The first-order valence-corrected chi connectivity index (χ1v) is 8.42. The largest absolute Gasteiger partial charge is 0.306 e. The molecule has 2 rings (SSSR count). The van der Waals surface area contributed by atoms with E-state index in [-0.39, 0.29) is 5.54 Å². The molecule has 0 saturated carbocycles. The maximum Gasteiger partial charge on any atom is 0.107 e. The van der Waals surface area contributed by atoms with Gasteiger partial charge < -0.3 is 5.32 Å². The van der Waals surface area contributed by atoms with Gasteiger partial charge in [-0.1, -0.05) is 12.1 Å². The van der Waals surface area contributed by atoms with Crippen molar-refractivity contribution < 1.29 is 0 Å². The van der Waals surface area contributed by atoms with E-state index in [1.54, 1.807) is 23.1 Å². The van der Waals surface area contributed by atoms with Crippen LogP contribution in [0.3, 0.4) is 0 Å². The van der Waals surface area contributed by atoms with Crippen molar-refractivity contribution in [1.29, 1.82) is 0 Å². The van der Waals surface area contributed by atoms with E-state index in [4.69, 9.17) is 0 Å². The molecule has 0 radical (unpaired) electrons. The van der Waals surface area contributed by atoms with Crippen molar-refractivity contribution in [2.75, 3.05) is 6.26 Å². The van der Waals surface area contributed by atoms with Gasteiger partial charge in [-0.15, -0.1) is 23.1 Å². The van der Waals surface area contributed by atoms with Gasteiger partial charge in [0, 0.05) is 27.9 Å². The molecule has 1 aromatic heterocycles. The molecule has 0 spiro atoms. The van der Waals surface area contributed by atoms with Gasteiger partial charge in [0.15, 0.2) is 0 Å². The maximum absolute atomic E-state index is 4.69. The zero-order valence-electron chi connectivity index (χ0n) is 11.9. The average Bonchev–Trinajstić information content (AvgIpc) is 2.84. The van der Waals surface area contributed by atoms with E-state index in [0.29, 0.717) is 0 Å². The van der Waals surface area contributed by atoms with E-state index >= 15 is 0 Å². The van der Waals surface area contributed by atoms with Crippen molar-refractivity contribution in [3.05, 3.63) is 34.7 Å². The molecule has 0 bridgehead atoms. The lowest BCUT2D eigenvalue weighted by Crippen LogP contribution is -2.34. The van der Waals surface area contributed by atoms with E-state index in [9.17, 15) is 0 Å². The molecule has 1 N–H and O–H groups in total. The van der Waals surface area contributed by atoms with Crippen LogP contribution in [0.15, 0.2) is 34.5 Å². The zero-order chi connectivity index (χ0) is 13.9. The number of nitrogens with zero attached hydrogens (tertiary/aromatic N) is 1. The molecule has 2 aromatic rings. The lowest BCUT2D eigenvalue weighted by atomic mass is 10.1. The van der Waals surface area contributed by atoms with Gasteiger partial charge in [-0.25, -0.2) is 4.98 Å². The summed E-state index contributed by atoms with van der Waals surface area (Å²) in [7, 11) is 0. The normalized spacial score (nSPS) is 11.8. The highest BCUT2D eigenvalue weighted by Crippen LogP contribution is 2.24. The minimum Gasteiger partial charge on any atom is -0.306 e. The van der Waals surface area contributed by atoms with Crippen LogP contribution in [0.5, 0.6) is 0 Å². The van der Waals surface area contributed by atoms with Crippen molar-refractivity contribution in [2.45, 2.75) is 37.8 Å². The molecule has 2 nitrogen and oxygen atoms in total. The molecule has 19 heavy (non-hydrogen) atoms. The Kier molecular flexibility index (Phi) is 4.66. The highest BCUT2D eigenvalue weighted by atomic mass is 32.2. The van der Waals surface area contributed by atoms with Gasteiger partial charge in [-0.2, -0.15) is 0 Å². The minimum atomic E-state index is 0.131. The van der Waals surface area contributed by atoms with Crippen LogP contribution in [0.4, 0.5) is 0 Å². The number of nitrogens with one attached hydrogen (secondary N) is 1. The number of benzene rings is 1. The number of rotatable bonds is 4. The third-order valence-corrected chi connectivity index (χ3v) is 4.30. The molecule has 0 atom stereocenters. The fourth-order valence-corrected chi connectivity index (χ4v) is 2.78. The van der Waals surface area contributed by atoms with Crippen molar-refractivity contribution >= 4 is 23.1 Å². The second-order valence-corrected chi connectivity index (χ2v) is 7.28. The molecule has 0 fully saturated rings. The van der Waals surface area contributed by atoms with E-state index in [0.717, 1.165) is 17.2 Å². The van der Waals surface area contributed by atoms with Crippen LogP contribution < -0.4 is 5.32 Å². The van der Waals surface area contributed by atoms with Gasteiger partial charge in [-0.3, -0.25) is 0 Å². The number of hydrogen-bond acceptors (Lipinski definition) is 4. The molecule has 0 amide bonds. The van der Waals surface area contributed by atoms with E-state index in [2.05, 4.69) is 67.0 Å². The Bertz CT molecular complexity index is 524. The Morgan fingerprint density at radius 2 is 1.89 bits per heavy atom. The Hall–Kier alpha value is -0.840. The summed E-state index contributed by atoms with van der Waals surface area (Å²) in [5.74, 6) is 0. The van der Waals surface area contributed by atoms with Gasteiger partial charge in [0.05, 0.1) is 5.69 Å². The Balaban J connectivity index is 2.07. The second kappa shape index (κ2) is 6.07. The summed E-state index contributed by atoms with van der Waals surface area (Å²) < 4.78 is 0. The first-order chi connectivity index (χ1) is 8.98. The predicted molar refractivity (Wildman–Crippen MR) is 85.9 cm³/mol. The topological polar surface area (TPSA) is 24.9 Å². The van der Waals surface area contributed by atoms with Crippen LogP contribution in [0.2, 0.25) is 0 Å². The Labute approximate surface area is 123 Å². The summed E-state index contributed by atoms with van der Waals surface area (Å²) in [4.78, 5) is 5.97. The third-order valence-electron chi connectivity index (χ3n) is 2.71. The molecule has 102 valence electrons. The van der Waals surface area contributed by atoms with Crippen LogP contribution in [0.1, 0.15) is 25.8 Å². The van der Waals surface area contributed by atoms with Crippen molar-refractivity contribution in [3.63, 3.8) is 0 Å². The zero-order valence-corrected chi connectivity index (χ0v) is 13.5. The SMILES string of the molecule is CSc1ccc(-c2csc(CNC(C)(C)C)n2)cc1. The number of thioether (sulfide) groups is 1. The molecular formula is C15H20N2S2. The highest BCUT2D eigenvalue weighted by molar-refractivity contribution is 7.98. The van der Waals surface area contributed by atoms with Crippen molar-refractivity contribution in [2.24, 2.45) is 0 Å². The summed E-state index contributed by atoms with van der Waals surface area (Å²) in [6, 6.07) is 8.57.